The number of carbonyl (C=O) groups is 2. The van der Waals surface area contributed by atoms with Gasteiger partial charge < -0.3 is 24.4 Å². The van der Waals surface area contributed by atoms with E-state index in [1.54, 1.807) is 4.90 Å². The quantitative estimate of drug-likeness (QED) is 0.294. The van der Waals surface area contributed by atoms with E-state index in [9.17, 15) is 18.4 Å². The lowest BCUT2D eigenvalue weighted by Crippen LogP contribution is -2.68. The summed E-state index contributed by atoms with van der Waals surface area (Å²) in [5, 5.41) is 2.60. The molecule has 3 rings (SSSR count). The van der Waals surface area contributed by atoms with Gasteiger partial charge in [0.1, 0.15) is 11.5 Å². The van der Waals surface area contributed by atoms with Crippen LogP contribution in [0.3, 0.4) is 0 Å². The van der Waals surface area contributed by atoms with Crippen LogP contribution in [-0.2, 0) is 9.53 Å². The normalized spacial score (nSPS) is 16.4. The molecule has 9 heteroatoms. The number of halogens is 2. The van der Waals surface area contributed by atoms with Crippen molar-refractivity contribution in [2.45, 2.75) is 71.4 Å². The van der Waals surface area contributed by atoms with Crippen LogP contribution in [0.15, 0.2) is 48.5 Å². The topological polar surface area (TPSA) is 77.1 Å². The zero-order valence-corrected chi connectivity index (χ0v) is 24.2. The summed E-state index contributed by atoms with van der Waals surface area (Å²) in [6, 6.07) is 12.5. The second-order valence-electron chi connectivity index (χ2n) is 10.1. The van der Waals surface area contributed by atoms with Crippen molar-refractivity contribution in [1.82, 2.24) is 10.2 Å². The van der Waals surface area contributed by atoms with Gasteiger partial charge in [0.2, 0.25) is 0 Å². The molecule has 1 aliphatic carbocycles. The van der Waals surface area contributed by atoms with E-state index in [-0.39, 0.29) is 6.54 Å². The predicted molar refractivity (Wildman–Crippen MR) is 151 cm³/mol. The molecule has 7 nitrogen and oxygen atoms in total. The highest BCUT2D eigenvalue weighted by Crippen LogP contribution is 2.46. The number of esters is 1. The fraction of sp³-hybridized carbons (Fsp3) is 0.484. The number of nitrogens with one attached hydrogen (secondary N) is 1. The Hall–Kier alpha value is -3.62. The van der Waals surface area contributed by atoms with Gasteiger partial charge in [-0.1, -0.05) is 36.4 Å². The van der Waals surface area contributed by atoms with Gasteiger partial charge in [0.05, 0.1) is 26.4 Å². The molecule has 218 valence electrons. The summed E-state index contributed by atoms with van der Waals surface area (Å²) in [5.41, 5.74) is 1.93. The van der Waals surface area contributed by atoms with E-state index in [1.165, 1.54) is 0 Å². The van der Waals surface area contributed by atoms with Crippen molar-refractivity contribution < 1.29 is 32.6 Å². The van der Waals surface area contributed by atoms with Crippen LogP contribution in [0, 0.1) is 6.92 Å². The molecule has 1 unspecified atom stereocenters. The standard InChI is InChI=1S/C31H40F2N2O5/c1-7-39-26-17-25(18-27(22(26)4)40-8-2)23(5)35(16-12-13-21(3)24-14-10-9-11-15-24)29(37)34-30(28(36)38-6)19-31(32,33)20-30/h9-11,13-15,17-18,23H,7-8,12,16,19-20H2,1-6H3,(H,34,37)/b21-13+. The Kier molecular flexibility index (Phi) is 10.2. The van der Waals surface area contributed by atoms with Crippen LogP contribution in [0.4, 0.5) is 13.6 Å². The molecule has 1 aliphatic rings. The minimum Gasteiger partial charge on any atom is -0.493 e. The predicted octanol–water partition coefficient (Wildman–Crippen LogP) is 6.70. The molecule has 0 aliphatic heterocycles. The maximum Gasteiger partial charge on any atom is 0.332 e. The van der Waals surface area contributed by atoms with Gasteiger partial charge in [-0.2, -0.15) is 0 Å². The van der Waals surface area contributed by atoms with Crippen LogP contribution in [0.1, 0.15) is 69.7 Å². The largest absolute Gasteiger partial charge is 0.493 e. The number of rotatable bonds is 12. The lowest BCUT2D eigenvalue weighted by atomic mass is 9.73. The van der Waals surface area contributed by atoms with Gasteiger partial charge in [-0.15, -0.1) is 0 Å². The Morgan fingerprint density at radius 3 is 2.15 bits per heavy atom. The minimum atomic E-state index is -3.05. The summed E-state index contributed by atoms with van der Waals surface area (Å²) < 4.78 is 44.3. The van der Waals surface area contributed by atoms with Crippen LogP contribution >= 0.6 is 0 Å². The summed E-state index contributed by atoms with van der Waals surface area (Å²) in [6.45, 7) is 10.7. The number of methoxy groups -OCH3 is 1. The third kappa shape index (κ3) is 7.11. The monoisotopic (exact) mass is 558 g/mol. The maximum atomic E-state index is 13.9. The van der Waals surface area contributed by atoms with Crippen molar-refractivity contribution in [1.29, 1.82) is 0 Å². The Morgan fingerprint density at radius 2 is 1.65 bits per heavy atom. The molecule has 0 heterocycles. The maximum absolute atomic E-state index is 13.9. The van der Waals surface area contributed by atoms with E-state index < -0.39 is 42.3 Å². The smallest absolute Gasteiger partial charge is 0.332 e. The van der Waals surface area contributed by atoms with Crippen molar-refractivity contribution in [2.24, 2.45) is 0 Å². The lowest BCUT2D eigenvalue weighted by Gasteiger charge is -2.46. The molecule has 0 bridgehead atoms. The van der Waals surface area contributed by atoms with Crippen LogP contribution in [0.25, 0.3) is 5.57 Å². The SMILES string of the molecule is CCOc1cc(C(C)N(CC/C=C(\C)c2ccccc2)C(=O)NC2(C(=O)OC)CC(F)(F)C2)cc(OCC)c1C. The second-order valence-corrected chi connectivity index (χ2v) is 10.1. The number of carbonyl (C=O) groups excluding carboxylic acids is 2. The summed E-state index contributed by atoms with van der Waals surface area (Å²) in [7, 11) is 1.13. The second kappa shape index (κ2) is 13.2. The molecule has 1 atom stereocenters. The van der Waals surface area contributed by atoms with Crippen LogP contribution in [0.2, 0.25) is 0 Å². The first-order valence-electron chi connectivity index (χ1n) is 13.6. The first-order valence-corrected chi connectivity index (χ1v) is 13.6. The van der Waals surface area contributed by atoms with Crippen molar-refractivity contribution in [3.8, 4) is 11.5 Å². The number of hydrogen-bond donors (Lipinski definition) is 1. The van der Waals surface area contributed by atoms with Gasteiger partial charge in [0, 0.05) is 24.9 Å². The van der Waals surface area contributed by atoms with Crippen molar-refractivity contribution in [3.63, 3.8) is 0 Å². The summed E-state index contributed by atoms with van der Waals surface area (Å²) in [5.74, 6) is -2.66. The van der Waals surface area contributed by atoms with Crippen molar-refractivity contribution >= 4 is 17.6 Å². The molecule has 2 amide bonds. The fourth-order valence-corrected chi connectivity index (χ4v) is 5.01. The lowest BCUT2D eigenvalue weighted by molar-refractivity contribution is -0.178. The van der Waals surface area contributed by atoms with Gasteiger partial charge in [-0.3, -0.25) is 0 Å². The molecule has 1 fully saturated rings. The number of hydrogen-bond acceptors (Lipinski definition) is 5. The third-order valence-corrected chi connectivity index (χ3v) is 7.24. The average molecular weight is 559 g/mol. The third-order valence-electron chi connectivity index (χ3n) is 7.24. The number of ether oxygens (including phenoxy) is 3. The van der Waals surface area contributed by atoms with Gasteiger partial charge >= 0.3 is 12.0 Å². The molecule has 40 heavy (non-hydrogen) atoms. The Labute approximate surface area is 235 Å². The average Bonchev–Trinajstić information content (AvgIpc) is 2.91. The zero-order chi connectivity index (χ0) is 29.5. The van der Waals surface area contributed by atoms with Crippen LogP contribution in [-0.4, -0.2) is 55.2 Å². The number of nitrogens with zero attached hydrogens (tertiary/aromatic N) is 1. The number of allylic oxidation sites excluding steroid dienone is 1. The van der Waals surface area contributed by atoms with Crippen LogP contribution < -0.4 is 14.8 Å². The number of amides is 2. The number of benzene rings is 2. The van der Waals surface area contributed by atoms with Gasteiger partial charge in [-0.25, -0.2) is 18.4 Å². The van der Waals surface area contributed by atoms with E-state index in [1.807, 2.05) is 83.2 Å². The van der Waals surface area contributed by atoms with Gasteiger partial charge in [-0.05, 0) is 69.9 Å². The van der Waals surface area contributed by atoms with E-state index in [4.69, 9.17) is 14.2 Å². The minimum absolute atomic E-state index is 0.270. The molecular formula is C31H40F2N2O5. The fourth-order valence-electron chi connectivity index (χ4n) is 5.01. The molecular weight excluding hydrogens is 518 g/mol. The highest BCUT2D eigenvalue weighted by Gasteiger charge is 2.63. The molecule has 2 aromatic rings. The molecule has 2 aromatic carbocycles. The first-order chi connectivity index (χ1) is 19.0. The summed E-state index contributed by atoms with van der Waals surface area (Å²) in [4.78, 5) is 27.8. The Balaban J connectivity index is 1.94. The molecule has 1 saturated carbocycles. The van der Waals surface area contributed by atoms with Crippen molar-refractivity contribution in [3.05, 3.63) is 65.2 Å². The van der Waals surface area contributed by atoms with Crippen molar-refractivity contribution in [2.75, 3.05) is 26.9 Å². The van der Waals surface area contributed by atoms with Gasteiger partial charge in [0.15, 0.2) is 5.54 Å². The molecule has 0 spiro atoms. The Morgan fingerprint density at radius 1 is 1.07 bits per heavy atom. The number of urea groups is 1. The van der Waals surface area contributed by atoms with Gasteiger partial charge in [0.25, 0.3) is 5.92 Å². The summed E-state index contributed by atoms with van der Waals surface area (Å²) >= 11 is 0. The molecule has 0 radical (unpaired) electrons. The van der Waals surface area contributed by atoms with E-state index in [2.05, 4.69) is 5.32 Å². The van der Waals surface area contributed by atoms with E-state index in [0.29, 0.717) is 31.1 Å². The number of alkyl halides is 2. The van der Waals surface area contributed by atoms with Crippen LogP contribution in [0.5, 0.6) is 11.5 Å². The van der Waals surface area contributed by atoms with E-state index in [0.717, 1.165) is 29.4 Å². The molecule has 0 aromatic heterocycles. The Bertz CT molecular complexity index is 1180. The highest BCUT2D eigenvalue weighted by atomic mass is 19.3. The summed E-state index contributed by atoms with van der Waals surface area (Å²) in [6.07, 6.45) is 0.924. The van der Waals surface area contributed by atoms with E-state index >= 15 is 0 Å². The molecule has 1 N–H and O–H groups in total. The molecule has 0 saturated heterocycles. The highest BCUT2D eigenvalue weighted by molar-refractivity contribution is 5.89. The first kappa shape index (κ1) is 30.9. The zero-order valence-electron chi connectivity index (χ0n) is 24.2.